The predicted molar refractivity (Wildman–Crippen MR) is 69.9 cm³/mol. The van der Waals surface area contributed by atoms with Crippen LogP contribution >= 0.6 is 0 Å². The first-order valence-electron chi connectivity index (χ1n) is 5.82. The van der Waals surface area contributed by atoms with Crippen molar-refractivity contribution in [3.05, 3.63) is 59.4 Å². The molecule has 5 nitrogen and oxygen atoms in total. The number of rotatable bonds is 3. The Labute approximate surface area is 118 Å². The lowest BCUT2D eigenvalue weighted by Crippen LogP contribution is -2.14. The molecule has 1 amide bonds. The molecule has 1 aromatic heterocycles. The molecule has 21 heavy (non-hydrogen) atoms. The summed E-state index contributed by atoms with van der Waals surface area (Å²) in [6.07, 6.45) is 1.02. The number of nitrogens with one attached hydrogen (secondary N) is 1. The van der Waals surface area contributed by atoms with Gasteiger partial charge in [0.2, 0.25) is 5.95 Å². The molecule has 7 heteroatoms. The van der Waals surface area contributed by atoms with Gasteiger partial charge in [0.25, 0.3) is 5.91 Å². The number of hydrogen-bond donors (Lipinski definition) is 1. The minimum atomic E-state index is -0.731. The molecule has 2 rings (SSSR count). The van der Waals surface area contributed by atoms with E-state index in [1.54, 1.807) is 0 Å². The zero-order valence-electron chi connectivity index (χ0n) is 10.9. The molecule has 1 heterocycles. The number of nitrogens with zero attached hydrogens (tertiary/aromatic N) is 1. The smallest absolute Gasteiger partial charge is 0.337 e. The lowest BCUT2D eigenvalue weighted by Gasteiger charge is -2.08. The summed E-state index contributed by atoms with van der Waals surface area (Å²) in [6.45, 7) is 0. The standard InChI is InChI=1S/C14H10F2N2O3/c1-21-14(20)8-2-4-10(15)11(6-8)18-13(19)9-3-5-12(16)17-7-9/h2-7H,1H3,(H,18,19). The van der Waals surface area contributed by atoms with E-state index in [4.69, 9.17) is 0 Å². The molecule has 0 atom stereocenters. The van der Waals surface area contributed by atoms with Gasteiger partial charge in [-0.15, -0.1) is 0 Å². The van der Waals surface area contributed by atoms with Gasteiger partial charge in [0, 0.05) is 6.20 Å². The highest BCUT2D eigenvalue weighted by atomic mass is 19.1. The van der Waals surface area contributed by atoms with Crippen molar-refractivity contribution in [1.82, 2.24) is 4.98 Å². The first kappa shape index (κ1) is 14.6. The van der Waals surface area contributed by atoms with Crippen molar-refractivity contribution < 1.29 is 23.1 Å². The van der Waals surface area contributed by atoms with Crippen LogP contribution in [0.3, 0.4) is 0 Å². The quantitative estimate of drug-likeness (QED) is 0.696. The Balaban J connectivity index is 2.24. The summed E-state index contributed by atoms with van der Waals surface area (Å²) in [5.41, 5.74) is -0.0436. The van der Waals surface area contributed by atoms with Gasteiger partial charge in [-0.25, -0.2) is 14.2 Å². The maximum absolute atomic E-state index is 13.6. The van der Waals surface area contributed by atoms with Gasteiger partial charge in [-0.1, -0.05) is 0 Å². The van der Waals surface area contributed by atoms with E-state index in [-0.39, 0.29) is 16.8 Å². The molecule has 0 aliphatic carbocycles. The maximum Gasteiger partial charge on any atom is 0.337 e. The van der Waals surface area contributed by atoms with Gasteiger partial charge < -0.3 is 10.1 Å². The summed E-state index contributed by atoms with van der Waals surface area (Å²) < 4.78 is 30.8. The van der Waals surface area contributed by atoms with E-state index in [9.17, 15) is 18.4 Å². The molecule has 0 fully saturated rings. The zero-order chi connectivity index (χ0) is 15.4. The second kappa shape index (κ2) is 6.08. The molecule has 1 N–H and O–H groups in total. The third-order valence-electron chi connectivity index (χ3n) is 2.63. The van der Waals surface area contributed by atoms with E-state index < -0.39 is 23.6 Å². The Morgan fingerprint density at radius 2 is 1.86 bits per heavy atom. The van der Waals surface area contributed by atoms with E-state index in [2.05, 4.69) is 15.0 Å². The molecule has 0 aliphatic heterocycles. The lowest BCUT2D eigenvalue weighted by molar-refractivity contribution is 0.0600. The monoisotopic (exact) mass is 292 g/mol. The van der Waals surface area contributed by atoms with Crippen molar-refractivity contribution in [3.8, 4) is 0 Å². The van der Waals surface area contributed by atoms with Crippen LogP contribution in [0.15, 0.2) is 36.5 Å². The third kappa shape index (κ3) is 3.38. The van der Waals surface area contributed by atoms with Gasteiger partial charge in [-0.3, -0.25) is 4.79 Å². The zero-order valence-corrected chi connectivity index (χ0v) is 10.9. The Morgan fingerprint density at radius 1 is 1.14 bits per heavy atom. The largest absolute Gasteiger partial charge is 0.465 e. The number of pyridine rings is 1. The van der Waals surface area contributed by atoms with E-state index in [1.807, 2.05) is 0 Å². The van der Waals surface area contributed by atoms with Crippen molar-refractivity contribution >= 4 is 17.6 Å². The number of hydrogen-bond acceptors (Lipinski definition) is 4. The van der Waals surface area contributed by atoms with E-state index >= 15 is 0 Å². The van der Waals surface area contributed by atoms with Crippen LogP contribution in [-0.4, -0.2) is 24.0 Å². The van der Waals surface area contributed by atoms with E-state index in [1.165, 1.54) is 19.2 Å². The van der Waals surface area contributed by atoms with Crippen LogP contribution in [0.25, 0.3) is 0 Å². The van der Waals surface area contributed by atoms with Gasteiger partial charge in [0.05, 0.1) is 23.9 Å². The van der Waals surface area contributed by atoms with Crippen LogP contribution in [0.2, 0.25) is 0 Å². The Bertz CT molecular complexity index is 687. The highest BCUT2D eigenvalue weighted by Gasteiger charge is 2.13. The molecule has 1 aromatic carbocycles. The van der Waals surface area contributed by atoms with Gasteiger partial charge >= 0.3 is 5.97 Å². The molecule has 0 unspecified atom stereocenters. The topological polar surface area (TPSA) is 68.3 Å². The third-order valence-corrected chi connectivity index (χ3v) is 2.63. The van der Waals surface area contributed by atoms with Gasteiger partial charge in [-0.05, 0) is 30.3 Å². The van der Waals surface area contributed by atoms with Crippen LogP contribution in [0.5, 0.6) is 0 Å². The first-order chi connectivity index (χ1) is 10.0. The molecule has 108 valence electrons. The summed E-state index contributed by atoms with van der Waals surface area (Å²) in [5.74, 6) is -2.78. The number of aromatic nitrogens is 1. The highest BCUT2D eigenvalue weighted by Crippen LogP contribution is 2.18. The minimum absolute atomic E-state index is 0.0549. The number of methoxy groups -OCH3 is 1. The predicted octanol–water partition coefficient (Wildman–Crippen LogP) is 2.40. The van der Waals surface area contributed by atoms with Gasteiger partial charge in [0.1, 0.15) is 5.82 Å². The average Bonchev–Trinajstić information content (AvgIpc) is 2.49. The molecular weight excluding hydrogens is 282 g/mol. The number of anilines is 1. The van der Waals surface area contributed by atoms with Crippen molar-refractivity contribution in [2.45, 2.75) is 0 Å². The molecule has 0 spiro atoms. The summed E-state index contributed by atoms with van der Waals surface area (Å²) in [4.78, 5) is 26.6. The second-order valence-electron chi connectivity index (χ2n) is 4.01. The number of benzene rings is 1. The van der Waals surface area contributed by atoms with Crippen LogP contribution in [0.1, 0.15) is 20.7 Å². The fourth-order valence-electron chi connectivity index (χ4n) is 1.57. The maximum atomic E-state index is 13.6. The van der Waals surface area contributed by atoms with E-state index in [0.717, 1.165) is 24.4 Å². The summed E-state index contributed by atoms with van der Waals surface area (Å²) in [5, 5.41) is 2.28. The number of amides is 1. The Kier molecular flexibility index (Phi) is 4.22. The van der Waals surface area contributed by atoms with Crippen LogP contribution in [-0.2, 0) is 4.74 Å². The average molecular weight is 292 g/mol. The summed E-state index contributed by atoms with van der Waals surface area (Å²) >= 11 is 0. The number of halogens is 2. The molecular formula is C14H10F2N2O3. The normalized spacial score (nSPS) is 10.0. The lowest BCUT2D eigenvalue weighted by atomic mass is 10.2. The summed E-state index contributed by atoms with van der Waals surface area (Å²) in [7, 11) is 1.19. The molecule has 0 saturated carbocycles. The first-order valence-corrected chi connectivity index (χ1v) is 5.82. The highest BCUT2D eigenvalue weighted by molar-refractivity contribution is 6.04. The molecule has 0 saturated heterocycles. The van der Waals surface area contributed by atoms with Gasteiger partial charge in [0.15, 0.2) is 0 Å². The fourth-order valence-corrected chi connectivity index (χ4v) is 1.57. The van der Waals surface area contributed by atoms with Crippen molar-refractivity contribution in [1.29, 1.82) is 0 Å². The van der Waals surface area contributed by atoms with E-state index in [0.29, 0.717) is 0 Å². The minimum Gasteiger partial charge on any atom is -0.465 e. The number of carbonyl (C=O) groups excluding carboxylic acids is 2. The van der Waals surface area contributed by atoms with Crippen molar-refractivity contribution in [3.63, 3.8) is 0 Å². The summed E-state index contributed by atoms with van der Waals surface area (Å²) in [6, 6.07) is 5.63. The fraction of sp³-hybridized carbons (Fsp3) is 0.0714. The number of ether oxygens (including phenoxy) is 1. The van der Waals surface area contributed by atoms with Gasteiger partial charge in [-0.2, -0.15) is 4.39 Å². The molecule has 0 radical (unpaired) electrons. The molecule has 0 aliphatic rings. The van der Waals surface area contributed by atoms with Crippen LogP contribution < -0.4 is 5.32 Å². The molecule has 2 aromatic rings. The SMILES string of the molecule is COC(=O)c1ccc(F)c(NC(=O)c2ccc(F)nc2)c1. The Hall–Kier alpha value is -2.83. The Morgan fingerprint density at radius 3 is 2.48 bits per heavy atom. The van der Waals surface area contributed by atoms with Crippen LogP contribution in [0.4, 0.5) is 14.5 Å². The van der Waals surface area contributed by atoms with Crippen molar-refractivity contribution in [2.75, 3.05) is 12.4 Å². The number of esters is 1. The van der Waals surface area contributed by atoms with Crippen molar-refractivity contribution in [2.24, 2.45) is 0 Å². The molecule has 0 bridgehead atoms. The second-order valence-corrected chi connectivity index (χ2v) is 4.01. The number of carbonyl (C=O) groups is 2. The van der Waals surface area contributed by atoms with Crippen LogP contribution in [0, 0.1) is 11.8 Å².